The summed E-state index contributed by atoms with van der Waals surface area (Å²) in [6, 6.07) is 1.99. The van der Waals surface area contributed by atoms with E-state index in [9.17, 15) is 0 Å². The Labute approximate surface area is 111 Å². The van der Waals surface area contributed by atoms with Crippen molar-refractivity contribution in [3.05, 3.63) is 24.5 Å². The van der Waals surface area contributed by atoms with Crippen molar-refractivity contribution < 1.29 is 0 Å². The topological polar surface area (TPSA) is 71.8 Å². The number of anilines is 2. The van der Waals surface area contributed by atoms with Crippen molar-refractivity contribution in [1.82, 2.24) is 24.7 Å². The highest BCUT2D eigenvalue weighted by molar-refractivity contribution is 5.48. The third kappa shape index (κ3) is 2.49. The second-order valence-corrected chi connectivity index (χ2v) is 4.55. The molecular formula is C12H17N7. The van der Waals surface area contributed by atoms with Gasteiger partial charge in [0.25, 0.3) is 0 Å². The van der Waals surface area contributed by atoms with Crippen LogP contribution in [-0.4, -0.2) is 37.8 Å². The van der Waals surface area contributed by atoms with E-state index in [1.807, 2.05) is 6.07 Å². The van der Waals surface area contributed by atoms with Crippen LogP contribution in [0.4, 0.5) is 11.6 Å². The highest BCUT2D eigenvalue weighted by Crippen LogP contribution is 2.19. The number of aromatic nitrogens is 5. The number of nitrogens with one attached hydrogen (secondary N) is 1. The molecule has 0 amide bonds. The predicted octanol–water partition coefficient (Wildman–Crippen LogP) is 0.910. The van der Waals surface area contributed by atoms with Crippen molar-refractivity contribution in [2.45, 2.75) is 26.4 Å². The monoisotopic (exact) mass is 259 g/mol. The minimum Gasteiger partial charge on any atom is -0.370 e. The maximum absolute atomic E-state index is 4.35. The van der Waals surface area contributed by atoms with Gasteiger partial charge < -0.3 is 14.8 Å². The Morgan fingerprint density at radius 1 is 1.32 bits per heavy atom. The molecule has 7 heteroatoms. The molecule has 1 aliphatic heterocycles. The Kier molecular flexibility index (Phi) is 3.26. The number of nitrogens with zero attached hydrogens (tertiary/aromatic N) is 6. The molecule has 19 heavy (non-hydrogen) atoms. The molecule has 2 aromatic rings. The van der Waals surface area contributed by atoms with Crippen LogP contribution in [0.25, 0.3) is 0 Å². The van der Waals surface area contributed by atoms with E-state index in [1.165, 1.54) is 0 Å². The fourth-order valence-electron chi connectivity index (χ4n) is 2.13. The summed E-state index contributed by atoms with van der Waals surface area (Å²) in [6.45, 7) is 5.60. The molecule has 100 valence electrons. The molecule has 0 fully saturated rings. The SMILES string of the molecule is CCCNc1cc(N2CCn3cnnc3C2)ncn1. The van der Waals surface area contributed by atoms with Gasteiger partial charge in [0.05, 0.1) is 6.54 Å². The molecule has 0 aliphatic carbocycles. The highest BCUT2D eigenvalue weighted by atomic mass is 15.3. The molecular weight excluding hydrogens is 242 g/mol. The zero-order valence-corrected chi connectivity index (χ0v) is 11.0. The summed E-state index contributed by atoms with van der Waals surface area (Å²) in [6.07, 6.45) is 4.46. The van der Waals surface area contributed by atoms with E-state index in [-0.39, 0.29) is 0 Å². The number of hydrogen-bond acceptors (Lipinski definition) is 6. The number of fused-ring (bicyclic) bond motifs is 1. The molecule has 1 N–H and O–H groups in total. The second-order valence-electron chi connectivity index (χ2n) is 4.55. The van der Waals surface area contributed by atoms with Crippen molar-refractivity contribution in [3.63, 3.8) is 0 Å². The van der Waals surface area contributed by atoms with Crippen molar-refractivity contribution in [3.8, 4) is 0 Å². The third-order valence-electron chi connectivity index (χ3n) is 3.17. The lowest BCUT2D eigenvalue weighted by Crippen LogP contribution is -2.34. The lowest BCUT2D eigenvalue weighted by Gasteiger charge is -2.28. The van der Waals surface area contributed by atoms with E-state index in [4.69, 9.17) is 0 Å². The van der Waals surface area contributed by atoms with E-state index in [1.54, 1.807) is 12.7 Å². The van der Waals surface area contributed by atoms with Crippen molar-refractivity contribution in [1.29, 1.82) is 0 Å². The van der Waals surface area contributed by atoms with Gasteiger partial charge in [-0.15, -0.1) is 10.2 Å². The molecule has 0 saturated heterocycles. The van der Waals surface area contributed by atoms with Crippen LogP contribution in [0.5, 0.6) is 0 Å². The Morgan fingerprint density at radius 2 is 2.26 bits per heavy atom. The minimum absolute atomic E-state index is 0.740. The van der Waals surface area contributed by atoms with Crippen LogP contribution in [-0.2, 0) is 13.1 Å². The zero-order chi connectivity index (χ0) is 13.1. The van der Waals surface area contributed by atoms with E-state index >= 15 is 0 Å². The van der Waals surface area contributed by atoms with Crippen LogP contribution >= 0.6 is 0 Å². The molecule has 2 aromatic heterocycles. The fourth-order valence-corrected chi connectivity index (χ4v) is 2.13. The summed E-state index contributed by atoms with van der Waals surface area (Å²) >= 11 is 0. The molecule has 0 spiro atoms. The first-order valence-electron chi connectivity index (χ1n) is 6.54. The zero-order valence-electron chi connectivity index (χ0n) is 11.0. The average Bonchev–Trinajstić information content (AvgIpc) is 2.92. The van der Waals surface area contributed by atoms with Gasteiger partial charge in [-0.1, -0.05) is 6.92 Å². The summed E-state index contributed by atoms with van der Waals surface area (Å²) in [5.74, 6) is 2.79. The van der Waals surface area contributed by atoms with Gasteiger partial charge >= 0.3 is 0 Å². The molecule has 0 atom stereocenters. The van der Waals surface area contributed by atoms with E-state index in [0.29, 0.717) is 0 Å². The molecule has 7 nitrogen and oxygen atoms in total. The molecule has 0 aromatic carbocycles. The summed E-state index contributed by atoms with van der Waals surface area (Å²) in [4.78, 5) is 10.8. The van der Waals surface area contributed by atoms with Crippen LogP contribution in [0.1, 0.15) is 19.2 Å². The van der Waals surface area contributed by atoms with Gasteiger partial charge in [-0.25, -0.2) is 9.97 Å². The van der Waals surface area contributed by atoms with Gasteiger partial charge in [-0.05, 0) is 6.42 Å². The fraction of sp³-hybridized carbons (Fsp3) is 0.500. The van der Waals surface area contributed by atoms with Crippen molar-refractivity contribution >= 4 is 11.6 Å². The Bertz CT molecular complexity index is 551. The van der Waals surface area contributed by atoms with E-state index < -0.39 is 0 Å². The normalized spacial score (nSPS) is 14.3. The van der Waals surface area contributed by atoms with Crippen LogP contribution in [0, 0.1) is 0 Å². The Morgan fingerprint density at radius 3 is 3.16 bits per heavy atom. The summed E-state index contributed by atoms with van der Waals surface area (Å²) in [7, 11) is 0. The average molecular weight is 259 g/mol. The number of rotatable bonds is 4. The van der Waals surface area contributed by atoms with Gasteiger partial charge in [0.15, 0.2) is 5.82 Å². The summed E-state index contributed by atoms with van der Waals surface area (Å²) in [5.41, 5.74) is 0. The third-order valence-corrected chi connectivity index (χ3v) is 3.17. The second kappa shape index (κ2) is 5.21. The van der Waals surface area contributed by atoms with Crippen LogP contribution in [0.2, 0.25) is 0 Å². The van der Waals surface area contributed by atoms with Gasteiger partial charge in [0.1, 0.15) is 24.3 Å². The lowest BCUT2D eigenvalue weighted by molar-refractivity contribution is 0.556. The van der Waals surface area contributed by atoms with Gasteiger partial charge in [-0.3, -0.25) is 0 Å². The molecule has 1 aliphatic rings. The summed E-state index contributed by atoms with van der Waals surface area (Å²) in [5, 5.41) is 11.3. The number of hydrogen-bond donors (Lipinski definition) is 1. The quantitative estimate of drug-likeness (QED) is 0.880. The predicted molar refractivity (Wildman–Crippen MR) is 71.9 cm³/mol. The van der Waals surface area contributed by atoms with E-state index in [0.717, 1.165) is 50.1 Å². The van der Waals surface area contributed by atoms with Gasteiger partial charge in [0.2, 0.25) is 0 Å². The molecule has 0 radical (unpaired) electrons. The van der Waals surface area contributed by atoms with Crippen LogP contribution in [0.3, 0.4) is 0 Å². The van der Waals surface area contributed by atoms with E-state index in [2.05, 4.69) is 41.9 Å². The van der Waals surface area contributed by atoms with Gasteiger partial charge in [0, 0.05) is 25.7 Å². The minimum atomic E-state index is 0.740. The largest absolute Gasteiger partial charge is 0.370 e. The van der Waals surface area contributed by atoms with Gasteiger partial charge in [-0.2, -0.15) is 0 Å². The maximum Gasteiger partial charge on any atom is 0.152 e. The first-order chi connectivity index (χ1) is 9.36. The molecule has 0 bridgehead atoms. The smallest absolute Gasteiger partial charge is 0.152 e. The lowest BCUT2D eigenvalue weighted by atomic mass is 10.3. The summed E-state index contributed by atoms with van der Waals surface area (Å²) < 4.78 is 2.08. The van der Waals surface area contributed by atoms with Crippen LogP contribution in [0.15, 0.2) is 18.7 Å². The molecule has 0 unspecified atom stereocenters. The maximum atomic E-state index is 4.35. The molecule has 3 rings (SSSR count). The van der Waals surface area contributed by atoms with Crippen molar-refractivity contribution in [2.75, 3.05) is 23.3 Å². The molecule has 0 saturated carbocycles. The molecule has 3 heterocycles. The first-order valence-corrected chi connectivity index (χ1v) is 6.54. The van der Waals surface area contributed by atoms with Crippen LogP contribution < -0.4 is 10.2 Å². The Hall–Kier alpha value is -2.18. The Balaban J connectivity index is 1.76. The highest BCUT2D eigenvalue weighted by Gasteiger charge is 2.18. The first kappa shape index (κ1) is 11.9. The standard InChI is InChI=1S/C12H17N7/c1-2-3-13-10-6-11(15-8-14-10)18-4-5-19-9-16-17-12(19)7-18/h6,8-9H,2-5,7H2,1H3,(H,13,14,15). The van der Waals surface area contributed by atoms with Crippen molar-refractivity contribution in [2.24, 2.45) is 0 Å².